The van der Waals surface area contributed by atoms with Crippen molar-refractivity contribution in [3.8, 4) is 0 Å². The molecule has 3 nitrogen and oxygen atoms in total. The van der Waals surface area contributed by atoms with Gasteiger partial charge in [0.15, 0.2) is 0 Å². The van der Waals surface area contributed by atoms with Crippen molar-refractivity contribution in [2.75, 3.05) is 11.6 Å². The van der Waals surface area contributed by atoms with Crippen molar-refractivity contribution in [2.24, 2.45) is 0 Å². The second-order valence-electron chi connectivity index (χ2n) is 5.93. The topological polar surface area (TPSA) is 46.2 Å². The number of benzene rings is 2. The molecule has 25 heavy (non-hydrogen) atoms. The fraction of sp³-hybridized carbons (Fsp3) is 0.333. The van der Waals surface area contributed by atoms with Crippen molar-refractivity contribution in [3.63, 3.8) is 0 Å². The predicted molar refractivity (Wildman–Crippen MR) is 100 cm³/mol. The first-order chi connectivity index (χ1) is 12.0. The van der Waals surface area contributed by atoms with Crippen LogP contribution in [0, 0.1) is 5.82 Å². The maximum atomic E-state index is 13.6. The first kappa shape index (κ1) is 18.7. The van der Waals surface area contributed by atoms with E-state index in [-0.39, 0.29) is 10.7 Å². The summed E-state index contributed by atoms with van der Waals surface area (Å²) < 4.78 is 41.7. The lowest BCUT2D eigenvalue weighted by molar-refractivity contribution is 0.541. The normalized spacial score (nSPS) is 17.3. The van der Waals surface area contributed by atoms with Gasteiger partial charge in [-0.1, -0.05) is 12.1 Å². The van der Waals surface area contributed by atoms with E-state index < -0.39 is 16.1 Å². The van der Waals surface area contributed by atoms with Gasteiger partial charge in [-0.05, 0) is 66.5 Å². The van der Waals surface area contributed by atoms with E-state index >= 15 is 0 Å². The number of sulfonamides is 1. The number of hydrogen-bond acceptors (Lipinski definition) is 3. The first-order valence-electron chi connectivity index (χ1n) is 8.09. The summed E-state index contributed by atoms with van der Waals surface area (Å²) in [5.74, 6) is 1.02. The third-order valence-electron chi connectivity index (χ3n) is 4.14. The van der Waals surface area contributed by atoms with E-state index in [1.165, 1.54) is 12.1 Å². The molecular weight excluding hydrogens is 381 g/mol. The Morgan fingerprint density at radius 2 is 1.96 bits per heavy atom. The van der Waals surface area contributed by atoms with Crippen LogP contribution < -0.4 is 4.72 Å². The molecule has 0 saturated heterocycles. The van der Waals surface area contributed by atoms with Crippen LogP contribution in [0.3, 0.4) is 0 Å². The van der Waals surface area contributed by atoms with E-state index in [9.17, 15) is 12.8 Å². The summed E-state index contributed by atoms with van der Waals surface area (Å²) in [6.07, 6.45) is 2.31. The van der Waals surface area contributed by atoms with Gasteiger partial charge in [-0.3, -0.25) is 0 Å². The molecule has 0 bridgehead atoms. The summed E-state index contributed by atoms with van der Waals surface area (Å²) in [7, 11) is -3.66. The molecule has 2 aromatic carbocycles. The Hall–Kier alpha value is -1.08. The zero-order chi connectivity index (χ0) is 17.9. The average Bonchev–Trinajstić information content (AvgIpc) is 2.60. The second-order valence-corrected chi connectivity index (χ2v) is 9.16. The van der Waals surface area contributed by atoms with Crippen LogP contribution in [0.2, 0.25) is 0 Å². The molecule has 1 atom stereocenters. The van der Waals surface area contributed by atoms with Crippen molar-refractivity contribution in [3.05, 3.63) is 59.4 Å². The Balaban J connectivity index is 1.79. The third-order valence-corrected chi connectivity index (χ3v) is 7.02. The van der Waals surface area contributed by atoms with E-state index in [4.69, 9.17) is 11.6 Å². The van der Waals surface area contributed by atoms with Crippen LogP contribution in [0.25, 0.3) is 0 Å². The minimum atomic E-state index is -3.66. The first-order valence-corrected chi connectivity index (χ1v) is 11.1. The van der Waals surface area contributed by atoms with Crippen molar-refractivity contribution in [1.82, 2.24) is 4.72 Å². The largest absolute Gasteiger partial charge is 0.241 e. The molecule has 1 N–H and O–H groups in total. The number of nitrogens with one attached hydrogen (secondary N) is 1. The molecule has 0 aliphatic carbocycles. The number of hydrogen-bond donors (Lipinski definition) is 1. The van der Waals surface area contributed by atoms with Gasteiger partial charge in [-0.2, -0.15) is 0 Å². The molecule has 0 fully saturated rings. The summed E-state index contributed by atoms with van der Waals surface area (Å²) in [6.45, 7) is 0. The molecule has 1 aliphatic rings. The highest BCUT2D eigenvalue weighted by Crippen LogP contribution is 2.37. The number of rotatable bonds is 6. The van der Waals surface area contributed by atoms with Gasteiger partial charge in [0.1, 0.15) is 5.82 Å². The van der Waals surface area contributed by atoms with E-state index in [0.29, 0.717) is 17.9 Å². The Morgan fingerprint density at radius 1 is 1.20 bits per heavy atom. The number of fused-ring (bicyclic) bond motifs is 1. The van der Waals surface area contributed by atoms with Gasteiger partial charge in [-0.25, -0.2) is 17.5 Å². The molecule has 7 heteroatoms. The SMILES string of the molecule is O=S(=O)(NC1CCSc2ccc(F)cc21)c1ccc(CCCCl)cc1. The third kappa shape index (κ3) is 4.56. The van der Waals surface area contributed by atoms with E-state index in [1.807, 2.05) is 12.1 Å². The van der Waals surface area contributed by atoms with Crippen molar-refractivity contribution < 1.29 is 12.8 Å². The van der Waals surface area contributed by atoms with Crippen LogP contribution in [0.5, 0.6) is 0 Å². The summed E-state index contributed by atoms with van der Waals surface area (Å²) in [6, 6.07) is 11.0. The molecule has 0 radical (unpaired) electrons. The number of thioether (sulfide) groups is 1. The van der Waals surface area contributed by atoms with Crippen LogP contribution in [0.15, 0.2) is 52.3 Å². The van der Waals surface area contributed by atoms with E-state index in [2.05, 4.69) is 4.72 Å². The monoisotopic (exact) mass is 399 g/mol. The summed E-state index contributed by atoms with van der Waals surface area (Å²) in [5.41, 5.74) is 1.76. The summed E-state index contributed by atoms with van der Waals surface area (Å²) in [4.78, 5) is 1.15. The molecule has 0 spiro atoms. The van der Waals surface area contributed by atoms with E-state index in [1.54, 1.807) is 30.0 Å². The maximum absolute atomic E-state index is 13.6. The molecule has 2 aromatic rings. The molecule has 3 rings (SSSR count). The number of halogens is 2. The van der Waals surface area contributed by atoms with Gasteiger partial charge in [0.25, 0.3) is 0 Å². The Morgan fingerprint density at radius 3 is 2.68 bits per heavy atom. The zero-order valence-corrected chi connectivity index (χ0v) is 15.9. The second kappa shape index (κ2) is 8.08. The van der Waals surface area contributed by atoms with Crippen LogP contribution in [-0.4, -0.2) is 20.1 Å². The molecular formula is C18H19ClFNO2S2. The van der Waals surface area contributed by atoms with Crippen molar-refractivity contribution in [2.45, 2.75) is 35.1 Å². The highest BCUT2D eigenvalue weighted by atomic mass is 35.5. The van der Waals surface area contributed by atoms with Gasteiger partial charge in [0, 0.05) is 16.8 Å². The van der Waals surface area contributed by atoms with Gasteiger partial charge in [0.05, 0.1) is 4.90 Å². The highest BCUT2D eigenvalue weighted by molar-refractivity contribution is 7.99. The van der Waals surface area contributed by atoms with Crippen LogP contribution in [0.4, 0.5) is 4.39 Å². The zero-order valence-electron chi connectivity index (χ0n) is 13.5. The molecule has 1 heterocycles. The quantitative estimate of drug-likeness (QED) is 0.727. The van der Waals surface area contributed by atoms with Crippen molar-refractivity contribution >= 4 is 33.4 Å². The lowest BCUT2D eigenvalue weighted by Crippen LogP contribution is -2.30. The van der Waals surface area contributed by atoms with Crippen LogP contribution in [-0.2, 0) is 16.4 Å². The smallest absolute Gasteiger partial charge is 0.207 e. The van der Waals surface area contributed by atoms with Gasteiger partial charge < -0.3 is 0 Å². The molecule has 1 unspecified atom stereocenters. The summed E-state index contributed by atoms with van der Waals surface area (Å²) in [5, 5.41) is 0. The molecule has 0 amide bonds. The van der Waals surface area contributed by atoms with E-state index in [0.717, 1.165) is 29.1 Å². The van der Waals surface area contributed by atoms with Crippen molar-refractivity contribution in [1.29, 1.82) is 0 Å². The molecule has 1 aliphatic heterocycles. The average molecular weight is 400 g/mol. The lowest BCUT2D eigenvalue weighted by Gasteiger charge is -2.25. The fourth-order valence-corrected chi connectivity index (χ4v) is 5.34. The number of aryl methyl sites for hydroxylation is 1. The Labute approximate surface area is 157 Å². The Kier molecular flexibility index (Phi) is 6.04. The van der Waals surface area contributed by atoms with Crippen LogP contribution >= 0.6 is 23.4 Å². The molecule has 0 aromatic heterocycles. The van der Waals surface area contributed by atoms with Gasteiger partial charge in [-0.15, -0.1) is 23.4 Å². The molecule has 134 valence electrons. The maximum Gasteiger partial charge on any atom is 0.241 e. The fourth-order valence-electron chi connectivity index (χ4n) is 2.85. The summed E-state index contributed by atoms with van der Waals surface area (Å²) >= 11 is 7.30. The lowest BCUT2D eigenvalue weighted by atomic mass is 10.0. The minimum absolute atomic E-state index is 0.221. The predicted octanol–water partition coefficient (Wildman–Crippen LogP) is 4.51. The minimum Gasteiger partial charge on any atom is -0.207 e. The van der Waals surface area contributed by atoms with Gasteiger partial charge >= 0.3 is 0 Å². The van der Waals surface area contributed by atoms with Crippen LogP contribution in [0.1, 0.15) is 30.0 Å². The van der Waals surface area contributed by atoms with Gasteiger partial charge in [0.2, 0.25) is 10.0 Å². The molecule has 0 saturated carbocycles. The highest BCUT2D eigenvalue weighted by Gasteiger charge is 2.26. The standard InChI is InChI=1S/C18H19ClFNO2S2/c19-10-1-2-13-3-6-15(7-4-13)25(22,23)21-17-9-11-24-18-8-5-14(20)12-16(17)18/h3-8,12,17,21H,1-2,9-11H2. The Bertz CT molecular complexity index is 841. The number of alkyl halides is 1.